The maximum atomic E-state index is 2.63. The highest BCUT2D eigenvalue weighted by Crippen LogP contribution is 2.42. The van der Waals surface area contributed by atoms with E-state index >= 15 is 0 Å². The Bertz CT molecular complexity index is 1110. The predicted octanol–water partition coefficient (Wildman–Crippen LogP) is 10.9. The Balaban J connectivity index is 1.67. The van der Waals surface area contributed by atoms with Crippen LogP contribution in [0, 0.1) is 19.8 Å². The zero-order valence-electron chi connectivity index (χ0n) is 26.4. The van der Waals surface area contributed by atoms with Gasteiger partial charge in [0.15, 0.2) is 8.07 Å². The van der Waals surface area contributed by atoms with Gasteiger partial charge in [-0.05, 0) is 71.9 Å². The molecule has 0 bridgehead atoms. The van der Waals surface area contributed by atoms with Crippen LogP contribution >= 0.6 is 22.7 Å². The first-order valence-electron chi connectivity index (χ1n) is 16.8. The molecule has 1 aliphatic rings. The van der Waals surface area contributed by atoms with Gasteiger partial charge in [-0.1, -0.05) is 135 Å². The summed E-state index contributed by atoms with van der Waals surface area (Å²) in [6.07, 6.45) is 22.1. The van der Waals surface area contributed by atoms with Crippen molar-refractivity contribution >= 4 is 46.3 Å². The van der Waals surface area contributed by atoms with Crippen molar-refractivity contribution in [2.24, 2.45) is 5.92 Å². The van der Waals surface area contributed by atoms with E-state index in [2.05, 4.69) is 93.7 Å². The summed E-state index contributed by atoms with van der Waals surface area (Å²) in [6.45, 7) is 11.7. The van der Waals surface area contributed by atoms with E-state index in [9.17, 15) is 0 Å². The Kier molecular flexibility index (Phi) is 12.6. The lowest BCUT2D eigenvalue weighted by atomic mass is 9.96. The SMILES string of the molecule is CCCCCCCCC(CCCCCC)C[Si]1(c2ccc(CCCCC)cc2)c2cc(C)sc2-c2sc(C)cc21. The molecular weight excluding hydrogens is 537 g/mol. The normalized spacial score (nSPS) is 14.4. The molecule has 1 atom stereocenters. The molecule has 2 aromatic heterocycles. The molecule has 3 aromatic rings. The van der Waals surface area contributed by atoms with Gasteiger partial charge in [0.25, 0.3) is 0 Å². The maximum absolute atomic E-state index is 2.63. The monoisotopic (exact) mass is 592 g/mol. The fraction of sp³-hybridized carbons (Fsp3) is 0.622. The maximum Gasteiger partial charge on any atom is 0.152 e. The van der Waals surface area contributed by atoms with E-state index in [0.29, 0.717) is 0 Å². The summed E-state index contributed by atoms with van der Waals surface area (Å²) in [4.78, 5) is 6.28. The fourth-order valence-electron chi connectivity index (χ4n) is 7.18. The van der Waals surface area contributed by atoms with E-state index in [-0.39, 0.29) is 0 Å². The van der Waals surface area contributed by atoms with Gasteiger partial charge in [-0.3, -0.25) is 0 Å². The molecule has 0 amide bonds. The number of benzene rings is 1. The number of unbranched alkanes of at least 4 members (excludes halogenated alkanes) is 10. The second-order valence-electron chi connectivity index (χ2n) is 12.7. The first kappa shape index (κ1) is 31.8. The molecule has 220 valence electrons. The van der Waals surface area contributed by atoms with Crippen LogP contribution in [0.4, 0.5) is 0 Å². The molecule has 3 heterocycles. The Morgan fingerprint density at radius 1 is 0.600 bits per heavy atom. The highest BCUT2D eigenvalue weighted by Gasteiger charge is 2.50. The molecule has 0 spiro atoms. The molecule has 4 rings (SSSR count). The average molecular weight is 593 g/mol. The summed E-state index contributed by atoms with van der Waals surface area (Å²) in [6, 6.07) is 16.8. The van der Waals surface area contributed by atoms with Gasteiger partial charge < -0.3 is 0 Å². The lowest BCUT2D eigenvalue weighted by Gasteiger charge is -2.34. The van der Waals surface area contributed by atoms with Crippen molar-refractivity contribution in [3.63, 3.8) is 0 Å². The number of rotatable bonds is 19. The Morgan fingerprint density at radius 3 is 1.62 bits per heavy atom. The zero-order valence-corrected chi connectivity index (χ0v) is 29.0. The number of aryl methyl sites for hydroxylation is 3. The summed E-state index contributed by atoms with van der Waals surface area (Å²) in [5.41, 5.74) is 1.53. The van der Waals surface area contributed by atoms with Gasteiger partial charge >= 0.3 is 0 Å². The van der Waals surface area contributed by atoms with Crippen LogP contribution in [-0.2, 0) is 6.42 Å². The van der Waals surface area contributed by atoms with Crippen LogP contribution in [0.25, 0.3) is 9.75 Å². The molecule has 0 saturated carbocycles. The standard InChI is InChI=1S/C37H56S2Si/c1-6-9-12-14-15-18-21-32(20-17-13-10-7-2)28-40(33-24-22-31(23-25-33)19-16-11-8-3)34-26-29(4)38-36(34)37-35(40)27-30(5)39-37/h22-27,32H,6-21,28H2,1-5H3. The third-order valence-corrected chi connectivity index (χ3v) is 17.1. The molecule has 0 nitrogen and oxygen atoms in total. The summed E-state index contributed by atoms with van der Waals surface area (Å²) in [5, 5.41) is 5.21. The van der Waals surface area contributed by atoms with Gasteiger partial charge in [0.2, 0.25) is 0 Å². The molecular formula is C37H56S2Si. The van der Waals surface area contributed by atoms with Crippen LogP contribution in [0.2, 0.25) is 6.04 Å². The minimum atomic E-state index is -2.06. The zero-order chi connectivity index (χ0) is 28.4. The van der Waals surface area contributed by atoms with E-state index in [0.717, 1.165) is 5.92 Å². The third kappa shape index (κ3) is 7.61. The van der Waals surface area contributed by atoms with Crippen LogP contribution in [0.5, 0.6) is 0 Å². The Labute approximate surface area is 256 Å². The Morgan fingerprint density at radius 2 is 1.07 bits per heavy atom. The molecule has 1 aliphatic heterocycles. The largest absolute Gasteiger partial charge is 0.152 e. The molecule has 0 fully saturated rings. The van der Waals surface area contributed by atoms with Gasteiger partial charge in [0, 0.05) is 19.5 Å². The van der Waals surface area contributed by atoms with Crippen LogP contribution < -0.4 is 15.6 Å². The van der Waals surface area contributed by atoms with E-state index in [4.69, 9.17) is 0 Å². The molecule has 0 N–H and O–H groups in total. The van der Waals surface area contributed by atoms with Gasteiger partial charge in [0.1, 0.15) is 0 Å². The van der Waals surface area contributed by atoms with Crippen molar-refractivity contribution in [3.8, 4) is 9.75 Å². The van der Waals surface area contributed by atoms with Crippen molar-refractivity contribution in [1.82, 2.24) is 0 Å². The van der Waals surface area contributed by atoms with Gasteiger partial charge in [-0.25, -0.2) is 0 Å². The lowest BCUT2D eigenvalue weighted by Crippen LogP contribution is -2.65. The van der Waals surface area contributed by atoms with Crippen molar-refractivity contribution in [2.45, 2.75) is 143 Å². The minimum Gasteiger partial charge on any atom is -0.140 e. The molecule has 0 aliphatic carbocycles. The highest BCUT2D eigenvalue weighted by molar-refractivity contribution is 7.31. The molecule has 1 aromatic carbocycles. The summed E-state index contributed by atoms with van der Waals surface area (Å²) >= 11 is 4.14. The van der Waals surface area contributed by atoms with Crippen molar-refractivity contribution in [1.29, 1.82) is 0 Å². The Hall–Kier alpha value is -1.16. The van der Waals surface area contributed by atoms with Gasteiger partial charge in [0.05, 0.1) is 0 Å². The summed E-state index contributed by atoms with van der Waals surface area (Å²) in [7, 11) is -2.06. The highest BCUT2D eigenvalue weighted by atomic mass is 32.1. The fourth-order valence-corrected chi connectivity index (χ4v) is 16.5. The molecule has 0 radical (unpaired) electrons. The first-order chi connectivity index (χ1) is 19.5. The smallest absolute Gasteiger partial charge is 0.140 e. The van der Waals surface area contributed by atoms with Gasteiger partial charge in [-0.15, -0.1) is 22.7 Å². The lowest BCUT2D eigenvalue weighted by molar-refractivity contribution is 0.431. The number of thiophene rings is 2. The molecule has 40 heavy (non-hydrogen) atoms. The van der Waals surface area contributed by atoms with E-state index < -0.39 is 8.07 Å². The van der Waals surface area contributed by atoms with E-state index in [1.54, 1.807) is 25.3 Å². The molecule has 1 unspecified atom stereocenters. The minimum absolute atomic E-state index is 0.846. The average Bonchev–Trinajstić information content (AvgIpc) is 3.59. The number of fused-ring (bicyclic) bond motifs is 3. The molecule has 3 heteroatoms. The van der Waals surface area contributed by atoms with E-state index in [1.165, 1.54) is 124 Å². The predicted molar refractivity (Wildman–Crippen MR) is 186 cm³/mol. The van der Waals surface area contributed by atoms with Crippen LogP contribution in [0.3, 0.4) is 0 Å². The number of hydrogen-bond donors (Lipinski definition) is 0. The second kappa shape index (κ2) is 15.9. The second-order valence-corrected chi connectivity index (χ2v) is 19.1. The van der Waals surface area contributed by atoms with Crippen molar-refractivity contribution in [2.75, 3.05) is 0 Å². The van der Waals surface area contributed by atoms with Crippen molar-refractivity contribution in [3.05, 3.63) is 51.7 Å². The first-order valence-corrected chi connectivity index (χ1v) is 20.7. The summed E-state index contributed by atoms with van der Waals surface area (Å²) in [5.74, 6) is 0.846. The van der Waals surface area contributed by atoms with Gasteiger partial charge in [-0.2, -0.15) is 0 Å². The third-order valence-electron chi connectivity index (χ3n) is 9.38. The van der Waals surface area contributed by atoms with Crippen molar-refractivity contribution < 1.29 is 0 Å². The van der Waals surface area contributed by atoms with Crippen LogP contribution in [0.1, 0.15) is 132 Å². The number of hydrogen-bond acceptors (Lipinski definition) is 2. The quantitative estimate of drug-likeness (QED) is 0.0959. The van der Waals surface area contributed by atoms with Crippen LogP contribution in [0.15, 0.2) is 36.4 Å². The molecule has 0 saturated heterocycles. The van der Waals surface area contributed by atoms with E-state index in [1.807, 2.05) is 0 Å². The van der Waals surface area contributed by atoms with Crippen LogP contribution in [-0.4, -0.2) is 8.07 Å². The topological polar surface area (TPSA) is 0 Å². The summed E-state index contributed by atoms with van der Waals surface area (Å²) < 4.78 is 0.